The lowest BCUT2D eigenvalue weighted by Crippen LogP contribution is -2.56. The van der Waals surface area contributed by atoms with Gasteiger partial charge in [0.25, 0.3) is 5.91 Å². The number of hydrogen-bond acceptors (Lipinski definition) is 7. The van der Waals surface area contributed by atoms with Crippen LogP contribution in [0.5, 0.6) is 5.75 Å². The molecule has 7 nitrogen and oxygen atoms in total. The summed E-state index contributed by atoms with van der Waals surface area (Å²) in [6, 6.07) is 10.6. The maximum Gasteiger partial charge on any atom is 0.508 e. The number of thiazole rings is 1. The number of rotatable bonds is 2. The second-order valence-corrected chi connectivity index (χ2v) is 8.62. The van der Waals surface area contributed by atoms with E-state index in [1.807, 2.05) is 29.2 Å². The smallest absolute Gasteiger partial charge is 0.508 e. The Morgan fingerprint density at radius 1 is 1.27 bits per heavy atom. The molecule has 3 aromatic rings. The first-order valence-electron chi connectivity index (χ1n) is 9.73. The van der Waals surface area contributed by atoms with Gasteiger partial charge in [-0.3, -0.25) is 4.79 Å². The highest BCUT2D eigenvalue weighted by molar-refractivity contribution is 7.16. The van der Waals surface area contributed by atoms with E-state index in [1.165, 1.54) is 18.4 Å². The first-order chi connectivity index (χ1) is 14.5. The highest BCUT2D eigenvalue weighted by Crippen LogP contribution is 2.47. The van der Waals surface area contributed by atoms with E-state index in [4.69, 9.17) is 9.47 Å². The zero-order valence-corrected chi connectivity index (χ0v) is 17.1. The van der Waals surface area contributed by atoms with Gasteiger partial charge in [-0.2, -0.15) is 0 Å². The summed E-state index contributed by atoms with van der Waals surface area (Å²) in [5.74, 6) is 0.0839. The average molecular weight is 424 g/mol. The Morgan fingerprint density at radius 2 is 2.13 bits per heavy atom. The fourth-order valence-electron chi connectivity index (χ4n) is 4.69. The van der Waals surface area contributed by atoms with Crippen LogP contribution in [0.1, 0.15) is 34.3 Å². The second kappa shape index (κ2) is 6.98. The Balaban J connectivity index is 1.50. The van der Waals surface area contributed by atoms with Crippen molar-refractivity contribution >= 4 is 33.6 Å². The number of aromatic nitrogens is 1. The molecule has 0 spiro atoms. The predicted molar refractivity (Wildman–Crippen MR) is 111 cm³/mol. The molecule has 5 rings (SSSR count). The zero-order valence-electron chi connectivity index (χ0n) is 16.3. The topological polar surface area (TPSA) is 89.0 Å². The first-order valence-corrected chi connectivity index (χ1v) is 10.6. The van der Waals surface area contributed by atoms with Gasteiger partial charge in [-0.1, -0.05) is 6.07 Å². The molecule has 30 heavy (non-hydrogen) atoms. The third-order valence-corrected chi connectivity index (χ3v) is 6.88. The molecule has 1 amide bonds. The lowest BCUT2D eigenvalue weighted by molar-refractivity contribution is -0.0833. The Bertz CT molecular complexity index is 1160. The number of benzene rings is 2. The molecule has 2 bridgehead atoms. The van der Waals surface area contributed by atoms with Gasteiger partial charge >= 0.3 is 6.16 Å². The van der Waals surface area contributed by atoms with Gasteiger partial charge in [-0.25, -0.2) is 9.78 Å². The Hall–Kier alpha value is -3.13. The predicted octanol–water partition coefficient (Wildman–Crippen LogP) is 3.84. The van der Waals surface area contributed by atoms with Gasteiger partial charge in [-0.15, -0.1) is 11.3 Å². The van der Waals surface area contributed by atoms with Crippen LogP contribution in [0, 0.1) is 0 Å². The number of hydrogen-bond donors (Lipinski definition) is 1. The number of amides is 1. The number of phenols is 1. The molecule has 1 N–H and O–H groups in total. The van der Waals surface area contributed by atoms with E-state index in [1.54, 1.807) is 17.6 Å². The molecule has 2 aromatic carbocycles. The number of ether oxygens (including phenoxy) is 2. The molecule has 1 saturated heterocycles. The summed E-state index contributed by atoms with van der Waals surface area (Å²) in [7, 11) is 1.27. The molecule has 1 fully saturated rings. The van der Waals surface area contributed by atoms with E-state index in [2.05, 4.69) is 4.98 Å². The van der Waals surface area contributed by atoms with Crippen molar-refractivity contribution in [1.29, 1.82) is 0 Å². The van der Waals surface area contributed by atoms with Crippen molar-refractivity contribution in [3.05, 3.63) is 58.6 Å². The van der Waals surface area contributed by atoms with Crippen LogP contribution >= 0.6 is 11.3 Å². The van der Waals surface area contributed by atoms with Crippen LogP contribution in [-0.4, -0.2) is 46.7 Å². The van der Waals surface area contributed by atoms with E-state index in [0.29, 0.717) is 31.4 Å². The van der Waals surface area contributed by atoms with Gasteiger partial charge in [0, 0.05) is 36.6 Å². The number of likely N-dealkylation sites (tertiary alicyclic amines) is 1. The van der Waals surface area contributed by atoms with Gasteiger partial charge in [0.15, 0.2) is 0 Å². The number of methoxy groups -OCH3 is 1. The summed E-state index contributed by atoms with van der Waals surface area (Å²) < 4.78 is 11.5. The van der Waals surface area contributed by atoms with Gasteiger partial charge in [0.1, 0.15) is 11.4 Å². The van der Waals surface area contributed by atoms with Crippen molar-refractivity contribution in [3.8, 4) is 5.75 Å². The maximum absolute atomic E-state index is 13.4. The van der Waals surface area contributed by atoms with E-state index < -0.39 is 11.8 Å². The summed E-state index contributed by atoms with van der Waals surface area (Å²) >= 11 is 1.51. The van der Waals surface area contributed by atoms with Gasteiger partial charge in [-0.05, 0) is 42.3 Å². The van der Waals surface area contributed by atoms with Gasteiger partial charge in [0.2, 0.25) is 0 Å². The van der Waals surface area contributed by atoms with Crippen LogP contribution in [-0.2, 0) is 21.5 Å². The number of fused-ring (bicyclic) bond motifs is 5. The Kier molecular flexibility index (Phi) is 4.39. The zero-order chi connectivity index (χ0) is 20.9. The van der Waals surface area contributed by atoms with Crippen molar-refractivity contribution < 1.29 is 24.2 Å². The minimum absolute atomic E-state index is 0.0378. The maximum atomic E-state index is 13.4. The fraction of sp³-hybridized carbons (Fsp3) is 0.318. The number of carbonyl (C=O) groups is 2. The Labute approximate surface area is 176 Å². The number of piperidine rings is 1. The van der Waals surface area contributed by atoms with Crippen LogP contribution in [0.25, 0.3) is 10.2 Å². The molecular formula is C22H20N2O5S. The number of carbonyl (C=O) groups excluding carboxylic acids is 2. The molecule has 2 unspecified atom stereocenters. The third kappa shape index (κ3) is 2.99. The van der Waals surface area contributed by atoms with Crippen molar-refractivity contribution in [1.82, 2.24) is 9.88 Å². The molecule has 2 heterocycles. The van der Waals surface area contributed by atoms with Crippen molar-refractivity contribution in [2.45, 2.75) is 30.9 Å². The fourth-order valence-corrected chi connectivity index (χ4v) is 5.41. The van der Waals surface area contributed by atoms with Crippen molar-refractivity contribution in [3.63, 3.8) is 0 Å². The van der Waals surface area contributed by atoms with Crippen LogP contribution in [0.2, 0.25) is 0 Å². The van der Waals surface area contributed by atoms with E-state index in [9.17, 15) is 14.7 Å². The van der Waals surface area contributed by atoms with E-state index >= 15 is 0 Å². The summed E-state index contributed by atoms with van der Waals surface area (Å²) in [6.45, 7) is 0.441. The average Bonchev–Trinajstić information content (AvgIpc) is 3.22. The lowest BCUT2D eigenvalue weighted by Gasteiger charge is -2.50. The molecule has 8 heteroatoms. The molecule has 1 aliphatic heterocycles. The number of aromatic hydroxyl groups is 1. The van der Waals surface area contributed by atoms with E-state index in [0.717, 1.165) is 21.3 Å². The van der Waals surface area contributed by atoms with Crippen molar-refractivity contribution in [2.24, 2.45) is 0 Å². The summed E-state index contributed by atoms with van der Waals surface area (Å²) in [6.07, 6.45) is 0.771. The quantitative estimate of drug-likeness (QED) is 0.629. The Morgan fingerprint density at radius 3 is 2.97 bits per heavy atom. The normalized spacial score (nSPS) is 22.4. The van der Waals surface area contributed by atoms with Crippen LogP contribution in [0.4, 0.5) is 4.79 Å². The molecule has 2 aliphatic rings. The third-order valence-electron chi connectivity index (χ3n) is 6.09. The second-order valence-electron chi connectivity index (χ2n) is 7.74. The largest absolute Gasteiger partial charge is 0.508 e. The lowest BCUT2D eigenvalue weighted by atomic mass is 9.71. The van der Waals surface area contributed by atoms with Crippen LogP contribution in [0.3, 0.4) is 0 Å². The summed E-state index contributed by atoms with van der Waals surface area (Å²) in [5, 5.41) is 10.0. The first kappa shape index (κ1) is 18.9. The minimum Gasteiger partial charge on any atom is -0.508 e. The molecule has 1 aliphatic carbocycles. The van der Waals surface area contributed by atoms with Gasteiger partial charge < -0.3 is 19.5 Å². The van der Waals surface area contributed by atoms with Crippen LogP contribution in [0.15, 0.2) is 41.9 Å². The number of nitrogens with zero attached hydrogens (tertiary/aromatic N) is 2. The molecule has 0 saturated carbocycles. The highest BCUT2D eigenvalue weighted by Gasteiger charge is 2.50. The molecule has 1 aromatic heterocycles. The van der Waals surface area contributed by atoms with E-state index in [-0.39, 0.29) is 17.7 Å². The molecular weight excluding hydrogens is 404 g/mol. The standard InChI is InChI=1S/C22H20N2O5S/c1-28-21(27)29-22-6-7-24(15(11-22)8-13-2-4-16(25)10-17(13)22)20(26)14-3-5-18-19(9-14)30-12-23-18/h2-5,9-10,12,15,25H,6-8,11H2,1H3. The number of phenolic OH excluding ortho intramolecular Hbond substituents is 1. The van der Waals surface area contributed by atoms with Gasteiger partial charge in [0.05, 0.1) is 22.8 Å². The minimum atomic E-state index is -0.914. The summed E-state index contributed by atoms with van der Waals surface area (Å²) in [5.41, 5.74) is 4.12. The molecule has 0 radical (unpaired) electrons. The highest BCUT2D eigenvalue weighted by atomic mass is 32.1. The molecule has 154 valence electrons. The van der Waals surface area contributed by atoms with Crippen LogP contribution < -0.4 is 0 Å². The van der Waals surface area contributed by atoms with Crippen molar-refractivity contribution in [2.75, 3.05) is 13.7 Å². The monoisotopic (exact) mass is 424 g/mol. The molecule has 2 atom stereocenters. The summed E-state index contributed by atoms with van der Waals surface area (Å²) in [4.78, 5) is 31.5. The SMILES string of the molecule is COC(=O)OC12CCN(C(=O)c3ccc4ncsc4c3)C(Cc3ccc(O)cc31)C2.